The van der Waals surface area contributed by atoms with E-state index in [1.165, 1.54) is 36.4 Å². The number of carbonyl (C=O) groups excluding carboxylic acids is 1. The molecule has 1 aliphatic carbocycles. The number of sulfonamides is 1. The van der Waals surface area contributed by atoms with E-state index in [9.17, 15) is 17.6 Å². The fourth-order valence-corrected chi connectivity index (χ4v) is 4.42. The molecule has 160 valence electrons. The maximum absolute atomic E-state index is 13.5. The fraction of sp³-hybridized carbons (Fsp3) is 0.208. The first-order valence-corrected chi connectivity index (χ1v) is 11.6. The molecule has 1 saturated carbocycles. The van der Waals surface area contributed by atoms with Crippen LogP contribution in [0.5, 0.6) is 0 Å². The number of nitrogens with one attached hydrogen (secondary N) is 1. The topological polar surface area (TPSA) is 66.5 Å². The number of benzene rings is 3. The molecule has 0 spiro atoms. The summed E-state index contributed by atoms with van der Waals surface area (Å²) in [6.07, 6.45) is 1.82. The summed E-state index contributed by atoms with van der Waals surface area (Å²) in [4.78, 5) is 14.9. The van der Waals surface area contributed by atoms with E-state index in [-0.39, 0.29) is 22.7 Å². The average Bonchev–Trinajstić information content (AvgIpc) is 3.58. The highest BCUT2D eigenvalue weighted by Crippen LogP contribution is 2.30. The summed E-state index contributed by atoms with van der Waals surface area (Å²) in [6.45, 7) is 2.24. The zero-order chi connectivity index (χ0) is 22.0. The number of aryl methyl sites for hydroxylation is 1. The van der Waals surface area contributed by atoms with Crippen molar-refractivity contribution in [2.75, 3.05) is 4.72 Å². The lowest BCUT2D eigenvalue weighted by molar-refractivity contribution is 0.0729. The van der Waals surface area contributed by atoms with E-state index in [0.717, 1.165) is 24.0 Å². The second-order valence-electron chi connectivity index (χ2n) is 7.79. The lowest BCUT2D eigenvalue weighted by Gasteiger charge is -2.23. The zero-order valence-electron chi connectivity index (χ0n) is 17.1. The molecule has 1 N–H and O–H groups in total. The number of anilines is 1. The van der Waals surface area contributed by atoms with Crippen LogP contribution in [0.15, 0.2) is 77.7 Å². The van der Waals surface area contributed by atoms with Gasteiger partial charge in [-0.2, -0.15) is 0 Å². The Kier molecular flexibility index (Phi) is 5.78. The Morgan fingerprint density at radius 3 is 2.32 bits per heavy atom. The summed E-state index contributed by atoms with van der Waals surface area (Å²) >= 11 is 0. The molecule has 3 aromatic carbocycles. The van der Waals surface area contributed by atoms with Crippen LogP contribution < -0.4 is 4.72 Å². The summed E-state index contributed by atoms with van der Waals surface area (Å²) in [5.41, 5.74) is 2.63. The average molecular weight is 439 g/mol. The number of nitrogens with zero attached hydrogens (tertiary/aromatic N) is 1. The first kappa shape index (κ1) is 21.1. The van der Waals surface area contributed by atoms with Crippen LogP contribution in [-0.2, 0) is 16.6 Å². The molecular formula is C24H23FN2O3S. The van der Waals surface area contributed by atoms with Gasteiger partial charge in [-0.15, -0.1) is 0 Å². The van der Waals surface area contributed by atoms with Gasteiger partial charge < -0.3 is 4.90 Å². The lowest BCUT2D eigenvalue weighted by Crippen LogP contribution is -2.32. The minimum Gasteiger partial charge on any atom is -0.331 e. The van der Waals surface area contributed by atoms with Gasteiger partial charge in [-0.05, 0) is 73.9 Å². The molecule has 1 fully saturated rings. The molecule has 0 atom stereocenters. The molecule has 3 aromatic rings. The van der Waals surface area contributed by atoms with Crippen molar-refractivity contribution in [3.05, 3.63) is 95.3 Å². The van der Waals surface area contributed by atoms with Crippen molar-refractivity contribution >= 4 is 21.6 Å². The summed E-state index contributed by atoms with van der Waals surface area (Å²) in [5, 5.41) is 0. The van der Waals surface area contributed by atoms with Crippen LogP contribution >= 0.6 is 0 Å². The number of rotatable bonds is 7. The summed E-state index contributed by atoms with van der Waals surface area (Å²) < 4.78 is 41.4. The smallest absolute Gasteiger partial charge is 0.261 e. The number of carbonyl (C=O) groups is 1. The van der Waals surface area contributed by atoms with Crippen molar-refractivity contribution in [2.24, 2.45) is 0 Å². The van der Waals surface area contributed by atoms with Crippen molar-refractivity contribution in [1.82, 2.24) is 4.90 Å². The second kappa shape index (κ2) is 8.51. The fourth-order valence-electron chi connectivity index (χ4n) is 3.36. The van der Waals surface area contributed by atoms with Crippen LogP contribution in [0.25, 0.3) is 0 Å². The van der Waals surface area contributed by atoms with Gasteiger partial charge in [0.1, 0.15) is 5.82 Å². The summed E-state index contributed by atoms with van der Waals surface area (Å²) in [7, 11) is -3.76. The molecule has 0 aliphatic heterocycles. The molecule has 0 radical (unpaired) electrons. The predicted molar refractivity (Wildman–Crippen MR) is 118 cm³/mol. The molecule has 0 bridgehead atoms. The molecule has 1 amide bonds. The molecular weight excluding hydrogens is 415 g/mol. The van der Waals surface area contributed by atoms with Crippen molar-refractivity contribution in [2.45, 2.75) is 37.2 Å². The number of amides is 1. The van der Waals surface area contributed by atoms with Gasteiger partial charge in [0.15, 0.2) is 0 Å². The van der Waals surface area contributed by atoms with Gasteiger partial charge in [0.05, 0.1) is 4.90 Å². The van der Waals surface area contributed by atoms with Gasteiger partial charge >= 0.3 is 0 Å². The minimum atomic E-state index is -3.76. The van der Waals surface area contributed by atoms with Gasteiger partial charge in [-0.25, -0.2) is 12.8 Å². The molecule has 31 heavy (non-hydrogen) atoms. The van der Waals surface area contributed by atoms with Crippen LogP contribution in [0.1, 0.15) is 34.3 Å². The minimum absolute atomic E-state index is 0.0766. The normalized spacial score (nSPS) is 13.6. The second-order valence-corrected chi connectivity index (χ2v) is 9.47. The standard InChI is InChI=1S/C24H23FN2O3S/c1-17-5-9-21(10-6-17)26-31(29,30)23-13-7-19(8-14-23)24(28)27(22-11-12-22)16-18-3-2-4-20(25)15-18/h2-10,13-15,22,26H,11-12,16H2,1H3. The SMILES string of the molecule is Cc1ccc(NS(=O)(=O)c2ccc(C(=O)N(Cc3cccc(F)c3)C3CC3)cc2)cc1. The maximum Gasteiger partial charge on any atom is 0.261 e. The Balaban J connectivity index is 1.50. The number of hydrogen-bond donors (Lipinski definition) is 1. The summed E-state index contributed by atoms with van der Waals surface area (Å²) in [6, 6.07) is 19.3. The Morgan fingerprint density at radius 2 is 1.71 bits per heavy atom. The number of hydrogen-bond acceptors (Lipinski definition) is 3. The molecule has 5 nitrogen and oxygen atoms in total. The zero-order valence-corrected chi connectivity index (χ0v) is 17.9. The summed E-state index contributed by atoms with van der Waals surface area (Å²) in [5.74, 6) is -0.529. The van der Waals surface area contributed by atoms with Gasteiger partial charge in [0.2, 0.25) is 0 Å². The van der Waals surface area contributed by atoms with Crippen LogP contribution in [0, 0.1) is 12.7 Å². The lowest BCUT2D eigenvalue weighted by atomic mass is 10.1. The predicted octanol–water partition coefficient (Wildman–Crippen LogP) is 4.74. The highest BCUT2D eigenvalue weighted by Gasteiger charge is 2.33. The van der Waals surface area contributed by atoms with Crippen molar-refractivity contribution < 1.29 is 17.6 Å². The van der Waals surface area contributed by atoms with E-state index < -0.39 is 10.0 Å². The van der Waals surface area contributed by atoms with Gasteiger partial charge in [0.25, 0.3) is 15.9 Å². The third kappa shape index (κ3) is 5.11. The number of halogens is 1. The quantitative estimate of drug-likeness (QED) is 0.579. The van der Waals surface area contributed by atoms with Crippen molar-refractivity contribution in [3.8, 4) is 0 Å². The Bertz CT molecular complexity index is 1190. The van der Waals surface area contributed by atoms with E-state index in [0.29, 0.717) is 17.8 Å². The monoisotopic (exact) mass is 438 g/mol. The maximum atomic E-state index is 13.5. The van der Waals surface area contributed by atoms with Crippen LogP contribution in [0.2, 0.25) is 0 Å². The van der Waals surface area contributed by atoms with Gasteiger partial charge in [0, 0.05) is 23.8 Å². The van der Waals surface area contributed by atoms with Crippen molar-refractivity contribution in [3.63, 3.8) is 0 Å². The third-order valence-electron chi connectivity index (χ3n) is 5.21. The highest BCUT2D eigenvalue weighted by atomic mass is 32.2. The van der Waals surface area contributed by atoms with E-state index in [1.807, 2.05) is 19.1 Å². The Hall–Kier alpha value is -3.19. The first-order chi connectivity index (χ1) is 14.8. The molecule has 0 aromatic heterocycles. The molecule has 7 heteroatoms. The van der Waals surface area contributed by atoms with Crippen LogP contribution in [-0.4, -0.2) is 25.3 Å². The molecule has 0 heterocycles. The molecule has 4 rings (SSSR count). The molecule has 0 saturated heterocycles. The largest absolute Gasteiger partial charge is 0.331 e. The Labute approximate surface area is 181 Å². The Morgan fingerprint density at radius 1 is 1.03 bits per heavy atom. The first-order valence-electron chi connectivity index (χ1n) is 10.1. The molecule has 1 aliphatic rings. The van der Waals surface area contributed by atoms with E-state index in [4.69, 9.17) is 0 Å². The molecule has 0 unspecified atom stereocenters. The highest BCUT2D eigenvalue weighted by molar-refractivity contribution is 7.92. The van der Waals surface area contributed by atoms with Crippen LogP contribution in [0.3, 0.4) is 0 Å². The van der Waals surface area contributed by atoms with Gasteiger partial charge in [-0.1, -0.05) is 29.8 Å². The van der Waals surface area contributed by atoms with E-state index in [1.54, 1.807) is 29.2 Å². The van der Waals surface area contributed by atoms with Gasteiger partial charge in [-0.3, -0.25) is 9.52 Å². The van der Waals surface area contributed by atoms with E-state index >= 15 is 0 Å². The van der Waals surface area contributed by atoms with Crippen molar-refractivity contribution in [1.29, 1.82) is 0 Å². The third-order valence-corrected chi connectivity index (χ3v) is 6.60. The van der Waals surface area contributed by atoms with Crippen LogP contribution in [0.4, 0.5) is 10.1 Å². The van der Waals surface area contributed by atoms with E-state index in [2.05, 4.69) is 4.72 Å².